The molecule has 2 aromatic carbocycles. The summed E-state index contributed by atoms with van der Waals surface area (Å²) in [6.07, 6.45) is 0.534. The predicted octanol–water partition coefficient (Wildman–Crippen LogP) is 4.36. The molecule has 3 rings (SSSR count). The Morgan fingerprint density at radius 1 is 1.17 bits per heavy atom. The van der Waals surface area contributed by atoms with Crippen LogP contribution in [-0.2, 0) is 6.42 Å². The third-order valence-corrected chi connectivity index (χ3v) is 3.60. The maximum absolute atomic E-state index is 11.1. The Balaban J connectivity index is 1.84. The van der Waals surface area contributed by atoms with Crippen LogP contribution in [0.1, 0.15) is 11.3 Å². The lowest BCUT2D eigenvalue weighted by Gasteiger charge is -2.10. The molecule has 6 heteroatoms. The molecule has 1 aromatic heterocycles. The monoisotopic (exact) mass is 337 g/mol. The molecule has 0 amide bonds. The first kappa shape index (κ1) is 15.8. The Kier molecular flexibility index (Phi) is 4.59. The highest BCUT2D eigenvalue weighted by atomic mass is 35.5. The summed E-state index contributed by atoms with van der Waals surface area (Å²) in [4.78, 5) is 14.4. The van der Waals surface area contributed by atoms with Gasteiger partial charge in [0.25, 0.3) is 5.56 Å². The second-order valence-electron chi connectivity index (χ2n) is 5.07. The van der Waals surface area contributed by atoms with Gasteiger partial charge in [0.15, 0.2) is 5.69 Å². The molecule has 3 aromatic rings. The van der Waals surface area contributed by atoms with Gasteiger partial charge in [-0.3, -0.25) is 4.79 Å². The second-order valence-corrected chi connectivity index (χ2v) is 5.47. The molecule has 118 valence electrons. The molecule has 1 N–H and O–H groups in total. The molecule has 5 nitrogen and oxygen atoms in total. The molecule has 0 fully saturated rings. The molecule has 24 heavy (non-hydrogen) atoms. The van der Waals surface area contributed by atoms with E-state index in [1.54, 1.807) is 36.4 Å². The average molecular weight is 338 g/mol. The van der Waals surface area contributed by atoms with Crippen molar-refractivity contribution >= 4 is 17.3 Å². The summed E-state index contributed by atoms with van der Waals surface area (Å²) in [5, 5.41) is 6.87. The van der Waals surface area contributed by atoms with Gasteiger partial charge >= 0.3 is 0 Å². The normalized spacial score (nSPS) is 10.2. The second kappa shape index (κ2) is 6.99. The quantitative estimate of drug-likeness (QED) is 0.720. The number of nitrogens with zero attached hydrogens (tertiary/aromatic N) is 2. The minimum absolute atomic E-state index is 0.237. The number of H-pyrrole nitrogens is 1. The van der Waals surface area contributed by atoms with Crippen molar-refractivity contribution < 1.29 is 4.74 Å². The lowest BCUT2D eigenvalue weighted by atomic mass is 10.1. The number of hydrogen-bond donors (Lipinski definition) is 1. The van der Waals surface area contributed by atoms with E-state index in [-0.39, 0.29) is 5.56 Å². The zero-order chi connectivity index (χ0) is 16.9. The van der Waals surface area contributed by atoms with Gasteiger partial charge < -0.3 is 4.74 Å². The summed E-state index contributed by atoms with van der Waals surface area (Å²) in [5.41, 5.74) is 1.93. The van der Waals surface area contributed by atoms with E-state index in [1.807, 2.05) is 12.1 Å². The standard InChI is InChI=1S/C18H12ClN3O2/c1-20-13-3-2-4-15(11-13)24-17-10-12(5-7-16(17)19)9-14-6-8-18(23)22-21-14/h2-8,10-11H,9H2,(H,22,23). The first-order chi connectivity index (χ1) is 11.6. The van der Waals surface area contributed by atoms with Crippen LogP contribution in [0.25, 0.3) is 4.85 Å². The molecule has 0 aliphatic rings. The predicted molar refractivity (Wildman–Crippen MR) is 91.9 cm³/mol. The topological polar surface area (TPSA) is 59.3 Å². The molecule has 0 unspecified atom stereocenters. The van der Waals surface area contributed by atoms with E-state index in [0.717, 1.165) is 11.3 Å². The molecule has 1 heterocycles. The van der Waals surface area contributed by atoms with E-state index in [2.05, 4.69) is 15.0 Å². The van der Waals surface area contributed by atoms with E-state index in [9.17, 15) is 4.79 Å². The Morgan fingerprint density at radius 3 is 2.79 bits per heavy atom. The van der Waals surface area contributed by atoms with E-state index < -0.39 is 0 Å². The van der Waals surface area contributed by atoms with Gasteiger partial charge in [-0.15, -0.1) is 0 Å². The summed E-state index contributed by atoms with van der Waals surface area (Å²) in [6.45, 7) is 7.05. The van der Waals surface area contributed by atoms with Gasteiger partial charge in [0.05, 0.1) is 17.3 Å². The van der Waals surface area contributed by atoms with Crippen LogP contribution < -0.4 is 10.3 Å². The van der Waals surface area contributed by atoms with Gasteiger partial charge in [0, 0.05) is 12.5 Å². The Morgan fingerprint density at radius 2 is 2.04 bits per heavy atom. The van der Waals surface area contributed by atoms with Crippen LogP contribution in [0.5, 0.6) is 11.5 Å². The van der Waals surface area contributed by atoms with Crippen LogP contribution in [0.3, 0.4) is 0 Å². The number of aromatic amines is 1. The molecule has 0 bridgehead atoms. The van der Waals surface area contributed by atoms with Crippen molar-refractivity contribution in [2.24, 2.45) is 0 Å². The number of hydrogen-bond acceptors (Lipinski definition) is 3. The van der Waals surface area contributed by atoms with Gasteiger partial charge in [-0.05, 0) is 35.9 Å². The molecule has 0 aliphatic carbocycles. The average Bonchev–Trinajstić information content (AvgIpc) is 2.60. The maximum atomic E-state index is 11.1. The number of rotatable bonds is 4. The number of ether oxygens (including phenoxy) is 1. The van der Waals surface area contributed by atoms with Crippen molar-refractivity contribution in [3.63, 3.8) is 0 Å². The Bertz CT molecular complexity index is 956. The Labute approximate surface area is 143 Å². The SMILES string of the molecule is [C-]#[N+]c1cccc(Oc2cc(Cc3ccc(=O)[nH]n3)ccc2Cl)c1. The highest BCUT2D eigenvalue weighted by Gasteiger charge is 2.07. The van der Waals surface area contributed by atoms with Crippen molar-refractivity contribution in [1.29, 1.82) is 0 Å². The highest BCUT2D eigenvalue weighted by Crippen LogP contribution is 2.32. The molecule has 0 radical (unpaired) electrons. The van der Waals surface area contributed by atoms with Crippen LogP contribution in [0.15, 0.2) is 59.4 Å². The maximum Gasteiger partial charge on any atom is 0.264 e. The number of benzene rings is 2. The van der Waals surface area contributed by atoms with Gasteiger partial charge in [0.1, 0.15) is 11.5 Å². The number of halogens is 1. The number of aromatic nitrogens is 2. The molecule has 0 spiro atoms. The lowest BCUT2D eigenvalue weighted by molar-refractivity contribution is 0.482. The summed E-state index contributed by atoms with van der Waals surface area (Å²) < 4.78 is 5.80. The van der Waals surface area contributed by atoms with Crippen molar-refractivity contribution in [2.75, 3.05) is 0 Å². The van der Waals surface area contributed by atoms with E-state index in [0.29, 0.717) is 28.6 Å². The minimum Gasteiger partial charge on any atom is -0.457 e. The molecular weight excluding hydrogens is 326 g/mol. The fourth-order valence-corrected chi connectivity index (χ4v) is 2.32. The fraction of sp³-hybridized carbons (Fsp3) is 0.0556. The van der Waals surface area contributed by atoms with E-state index in [4.69, 9.17) is 22.9 Å². The van der Waals surface area contributed by atoms with Crippen LogP contribution >= 0.6 is 11.6 Å². The van der Waals surface area contributed by atoms with Gasteiger partial charge in [-0.2, -0.15) is 5.10 Å². The van der Waals surface area contributed by atoms with Gasteiger partial charge in [0.2, 0.25) is 0 Å². The molecule has 0 saturated carbocycles. The van der Waals surface area contributed by atoms with Crippen molar-refractivity contribution in [3.8, 4) is 11.5 Å². The third kappa shape index (κ3) is 3.80. The van der Waals surface area contributed by atoms with Crippen molar-refractivity contribution in [1.82, 2.24) is 10.2 Å². The molecule has 0 saturated heterocycles. The van der Waals surface area contributed by atoms with E-state index in [1.165, 1.54) is 6.07 Å². The smallest absolute Gasteiger partial charge is 0.264 e. The van der Waals surface area contributed by atoms with Crippen LogP contribution in [0.4, 0.5) is 5.69 Å². The van der Waals surface area contributed by atoms with Gasteiger partial charge in [-0.1, -0.05) is 29.8 Å². The summed E-state index contributed by atoms with van der Waals surface area (Å²) in [7, 11) is 0. The molecular formula is C18H12ClN3O2. The van der Waals surface area contributed by atoms with Crippen LogP contribution in [0.2, 0.25) is 5.02 Å². The van der Waals surface area contributed by atoms with Gasteiger partial charge in [-0.25, -0.2) is 9.94 Å². The molecule has 0 aliphatic heterocycles. The zero-order valence-corrected chi connectivity index (χ0v) is 13.2. The van der Waals surface area contributed by atoms with E-state index >= 15 is 0 Å². The number of nitrogens with one attached hydrogen (secondary N) is 1. The first-order valence-electron chi connectivity index (χ1n) is 7.12. The summed E-state index contributed by atoms with van der Waals surface area (Å²) in [5.74, 6) is 1.05. The Hall–Kier alpha value is -3.10. The summed E-state index contributed by atoms with van der Waals surface area (Å²) >= 11 is 6.19. The zero-order valence-electron chi connectivity index (χ0n) is 12.5. The fourth-order valence-electron chi connectivity index (χ4n) is 2.16. The highest BCUT2D eigenvalue weighted by molar-refractivity contribution is 6.32. The van der Waals surface area contributed by atoms with Crippen LogP contribution in [-0.4, -0.2) is 10.2 Å². The first-order valence-corrected chi connectivity index (χ1v) is 7.50. The largest absolute Gasteiger partial charge is 0.457 e. The van der Waals surface area contributed by atoms with Crippen LogP contribution in [0, 0.1) is 6.57 Å². The summed E-state index contributed by atoms with van der Waals surface area (Å²) in [6, 6.07) is 15.4. The van der Waals surface area contributed by atoms with Crippen molar-refractivity contribution in [2.45, 2.75) is 6.42 Å². The third-order valence-electron chi connectivity index (χ3n) is 3.29. The lowest BCUT2D eigenvalue weighted by Crippen LogP contribution is -2.07. The van der Waals surface area contributed by atoms with Crippen molar-refractivity contribution in [3.05, 3.63) is 92.6 Å². The molecule has 0 atom stereocenters. The minimum atomic E-state index is -0.237.